The summed E-state index contributed by atoms with van der Waals surface area (Å²) in [7, 11) is 5.03. The number of benzene rings is 4. The van der Waals surface area contributed by atoms with E-state index >= 15 is 0 Å². The summed E-state index contributed by atoms with van der Waals surface area (Å²) in [6.45, 7) is 14.0. The van der Waals surface area contributed by atoms with Gasteiger partial charge in [-0.25, -0.2) is 0 Å². The van der Waals surface area contributed by atoms with Gasteiger partial charge in [0, 0.05) is 21.7 Å². The third-order valence-electron chi connectivity index (χ3n) is 8.57. The van der Waals surface area contributed by atoms with Gasteiger partial charge in [-0.05, 0) is 62.6 Å². The lowest BCUT2D eigenvalue weighted by Gasteiger charge is -2.40. The Labute approximate surface area is 275 Å². The predicted octanol–water partition coefficient (Wildman–Crippen LogP) is 9.00. The fraction of sp³-hybridized carbons (Fsp3) is 0.368. The summed E-state index contributed by atoms with van der Waals surface area (Å²) in [5.41, 5.74) is 4.07. The zero-order chi connectivity index (χ0) is 33.0. The summed E-state index contributed by atoms with van der Waals surface area (Å²) in [6, 6.07) is 24.6. The molecule has 8 heteroatoms. The lowest BCUT2D eigenvalue weighted by Crippen LogP contribution is -2.38. The van der Waals surface area contributed by atoms with Crippen molar-refractivity contribution in [2.24, 2.45) is 0 Å². The van der Waals surface area contributed by atoms with Crippen LogP contribution in [0.3, 0.4) is 0 Å². The molecule has 6 nitrogen and oxygen atoms in total. The van der Waals surface area contributed by atoms with Gasteiger partial charge < -0.3 is 28.4 Å². The Balaban J connectivity index is 1.54. The Morgan fingerprint density at radius 1 is 0.478 bits per heavy atom. The van der Waals surface area contributed by atoms with Crippen LogP contribution in [-0.2, 0) is 0 Å². The van der Waals surface area contributed by atoms with Crippen LogP contribution in [0.15, 0.2) is 72.8 Å². The highest BCUT2D eigenvalue weighted by Gasteiger charge is 2.55. The van der Waals surface area contributed by atoms with E-state index in [0.717, 1.165) is 56.8 Å². The lowest BCUT2D eigenvalue weighted by atomic mass is 10.0. The minimum Gasteiger partial charge on any atom is -0.496 e. The van der Waals surface area contributed by atoms with Crippen LogP contribution in [0, 0.1) is 0 Å². The number of rotatable bonds is 7. The van der Waals surface area contributed by atoms with Gasteiger partial charge >= 0.3 is 0 Å². The first-order chi connectivity index (χ1) is 21.9. The van der Waals surface area contributed by atoms with Crippen LogP contribution in [-0.4, -0.2) is 50.4 Å². The van der Waals surface area contributed by atoms with Gasteiger partial charge in [0.25, 0.3) is 0 Å². The van der Waals surface area contributed by atoms with E-state index in [1.165, 1.54) is 10.6 Å². The maximum absolute atomic E-state index is 7.12. The van der Waals surface area contributed by atoms with E-state index in [0.29, 0.717) is 0 Å². The van der Waals surface area contributed by atoms with Crippen LogP contribution in [0.4, 0.5) is 0 Å². The highest BCUT2D eigenvalue weighted by molar-refractivity contribution is 7.72. The van der Waals surface area contributed by atoms with E-state index in [-0.39, 0.29) is 22.0 Å². The molecule has 0 saturated carbocycles. The number of methoxy groups -OCH3 is 4. The molecular formula is C38H44O6P2. The number of fused-ring (bicyclic) bond motifs is 2. The Morgan fingerprint density at radius 2 is 0.783 bits per heavy atom. The van der Waals surface area contributed by atoms with Crippen molar-refractivity contribution in [2.75, 3.05) is 28.4 Å². The maximum Gasteiger partial charge on any atom is 0.162 e. The topological polar surface area (TPSA) is 55.4 Å². The number of ether oxygens (including phenoxy) is 6. The van der Waals surface area contributed by atoms with Gasteiger partial charge in [0.2, 0.25) is 0 Å². The first-order valence-corrected chi connectivity index (χ1v) is 18.4. The monoisotopic (exact) mass is 658 g/mol. The predicted molar refractivity (Wildman–Crippen MR) is 191 cm³/mol. The van der Waals surface area contributed by atoms with Gasteiger partial charge in [-0.2, -0.15) is 0 Å². The molecule has 6 rings (SSSR count). The van der Waals surface area contributed by atoms with E-state index in [9.17, 15) is 0 Å². The van der Waals surface area contributed by atoms with Crippen LogP contribution < -0.4 is 39.0 Å². The average Bonchev–Trinajstić information content (AvgIpc) is 3.63. The molecule has 2 aliphatic heterocycles. The first-order valence-electron chi connectivity index (χ1n) is 15.5. The Bertz CT molecular complexity index is 1580. The SMILES string of the molecule is COc1cccc(OC)c1-c1cccc2c1[P@](C(C)(C)C)[C@H]([C@@H]1Oc3cccc(-c4c(OC)cccc4OC)c3[P@]1C(C)(C)C)O2. The summed E-state index contributed by atoms with van der Waals surface area (Å²) in [4.78, 5) is 0. The average molecular weight is 659 g/mol. The van der Waals surface area contributed by atoms with Crippen molar-refractivity contribution in [1.82, 2.24) is 0 Å². The van der Waals surface area contributed by atoms with Crippen molar-refractivity contribution >= 4 is 26.5 Å². The van der Waals surface area contributed by atoms with Crippen molar-refractivity contribution in [2.45, 2.75) is 63.5 Å². The van der Waals surface area contributed by atoms with Crippen LogP contribution in [0.1, 0.15) is 41.5 Å². The quantitative estimate of drug-likeness (QED) is 0.185. The van der Waals surface area contributed by atoms with Gasteiger partial charge in [-0.3, -0.25) is 0 Å². The smallest absolute Gasteiger partial charge is 0.162 e. The molecule has 0 fully saturated rings. The van der Waals surface area contributed by atoms with Crippen LogP contribution in [0.2, 0.25) is 0 Å². The molecule has 4 aromatic rings. The van der Waals surface area contributed by atoms with Crippen LogP contribution >= 0.6 is 15.8 Å². The van der Waals surface area contributed by atoms with E-state index in [1.54, 1.807) is 28.4 Å². The lowest BCUT2D eigenvalue weighted by molar-refractivity contribution is 0.171. The van der Waals surface area contributed by atoms with Crippen molar-refractivity contribution in [3.05, 3.63) is 72.8 Å². The summed E-state index contributed by atoms with van der Waals surface area (Å²) >= 11 is 0. The van der Waals surface area contributed by atoms with E-state index < -0.39 is 15.8 Å². The molecule has 0 aliphatic carbocycles. The third kappa shape index (κ3) is 5.38. The standard InChI is InChI=1S/C38H44O6P2/c1-37(2,3)45-33-23(31-25(39-7)17-13-18-26(31)40-8)15-11-21-29(33)43-35(45)36-44-30-22-12-16-24(34(30)46(36)38(4,5)6)32-27(41-9)19-14-20-28(32)42-10/h11-22,35-36H,1-10H3/t35-,36-,45+,46+/m1/s1. The highest BCUT2D eigenvalue weighted by atomic mass is 31.1. The van der Waals surface area contributed by atoms with Crippen LogP contribution in [0.5, 0.6) is 34.5 Å². The summed E-state index contributed by atoms with van der Waals surface area (Å²) in [5, 5.41) is 2.27. The van der Waals surface area contributed by atoms with Crippen molar-refractivity contribution < 1.29 is 28.4 Å². The first kappa shape index (κ1) is 32.5. The molecule has 2 heterocycles. The maximum atomic E-state index is 7.12. The number of hydrogen-bond donors (Lipinski definition) is 0. The summed E-state index contributed by atoms with van der Waals surface area (Å²) in [6.07, 6.45) is 0. The molecule has 0 bridgehead atoms. The van der Waals surface area contributed by atoms with Crippen molar-refractivity contribution in [3.63, 3.8) is 0 Å². The molecule has 242 valence electrons. The van der Waals surface area contributed by atoms with Gasteiger partial charge in [0.1, 0.15) is 34.5 Å². The van der Waals surface area contributed by atoms with E-state index in [1.807, 2.05) is 36.4 Å². The Hall–Kier alpha value is -3.46. The third-order valence-corrected chi connectivity index (χ3v) is 15.4. The van der Waals surface area contributed by atoms with E-state index in [2.05, 4.69) is 77.9 Å². The van der Waals surface area contributed by atoms with Crippen LogP contribution in [0.25, 0.3) is 22.3 Å². The summed E-state index contributed by atoms with van der Waals surface area (Å²) in [5.74, 6) is 4.58. The minimum absolute atomic E-state index is 0.0949. The molecule has 0 aromatic heterocycles. The molecule has 0 spiro atoms. The van der Waals surface area contributed by atoms with E-state index in [4.69, 9.17) is 28.4 Å². The van der Waals surface area contributed by atoms with Gasteiger partial charge in [-0.1, -0.05) is 77.9 Å². The molecule has 0 radical (unpaired) electrons. The molecule has 0 amide bonds. The van der Waals surface area contributed by atoms with Gasteiger partial charge in [0.05, 0.1) is 39.6 Å². The molecule has 4 aromatic carbocycles. The molecular weight excluding hydrogens is 614 g/mol. The normalized spacial score (nSPS) is 20.3. The molecule has 0 unspecified atom stereocenters. The largest absolute Gasteiger partial charge is 0.496 e. The molecule has 46 heavy (non-hydrogen) atoms. The minimum atomic E-state index is -0.906. The molecule has 4 atom stereocenters. The fourth-order valence-electron chi connectivity index (χ4n) is 6.79. The zero-order valence-corrected chi connectivity index (χ0v) is 30.2. The second-order valence-electron chi connectivity index (χ2n) is 13.5. The van der Waals surface area contributed by atoms with Gasteiger partial charge in [0.15, 0.2) is 11.7 Å². The second kappa shape index (κ2) is 12.3. The van der Waals surface area contributed by atoms with Crippen molar-refractivity contribution in [3.8, 4) is 56.8 Å². The Kier molecular flexibility index (Phi) is 8.68. The number of hydrogen-bond acceptors (Lipinski definition) is 6. The summed E-state index contributed by atoms with van der Waals surface area (Å²) < 4.78 is 37.8. The molecule has 0 N–H and O–H groups in total. The second-order valence-corrected chi connectivity index (χ2v) is 19.6. The zero-order valence-electron chi connectivity index (χ0n) is 28.4. The molecule has 2 aliphatic rings. The van der Waals surface area contributed by atoms with Gasteiger partial charge in [-0.15, -0.1) is 0 Å². The van der Waals surface area contributed by atoms with Crippen molar-refractivity contribution in [1.29, 1.82) is 0 Å². The fourth-order valence-corrected chi connectivity index (χ4v) is 13.7. The Morgan fingerprint density at radius 3 is 1.07 bits per heavy atom. The highest BCUT2D eigenvalue weighted by Crippen LogP contribution is 2.70. The molecule has 0 saturated heterocycles.